The van der Waals surface area contributed by atoms with E-state index in [9.17, 15) is 4.79 Å². The smallest absolute Gasteiger partial charge is 0.333 e. The summed E-state index contributed by atoms with van der Waals surface area (Å²) in [6, 6.07) is 0. The lowest BCUT2D eigenvalue weighted by Gasteiger charge is -2.27. The molecule has 1 aromatic rings. The average molecular weight is 199 g/mol. The van der Waals surface area contributed by atoms with Gasteiger partial charge in [-0.25, -0.2) is 9.78 Å². The van der Waals surface area contributed by atoms with Crippen LogP contribution in [0.25, 0.3) is 0 Å². The minimum Gasteiger partial charge on any atom is -0.479 e. The van der Waals surface area contributed by atoms with Crippen LogP contribution in [0, 0.1) is 0 Å². The fourth-order valence-corrected chi connectivity index (χ4v) is 1.37. The number of carboxylic acid groups (broad SMARTS) is 1. The van der Waals surface area contributed by atoms with E-state index in [4.69, 9.17) is 14.3 Å². The lowest BCUT2D eigenvalue weighted by atomic mass is 9.84. The summed E-state index contributed by atoms with van der Waals surface area (Å²) in [5.41, 5.74) is -0.739. The highest BCUT2D eigenvalue weighted by molar-refractivity contribution is 5.74. The Kier molecular flexibility index (Phi) is 2.90. The number of oxazole rings is 1. The summed E-state index contributed by atoms with van der Waals surface area (Å²) in [6.07, 6.45) is 1.82. The maximum absolute atomic E-state index is 10.9. The number of hydrogen-bond acceptors (Lipinski definition) is 4. The molecule has 0 spiro atoms. The van der Waals surface area contributed by atoms with Gasteiger partial charge in [0.2, 0.25) is 0 Å². The van der Waals surface area contributed by atoms with Crippen LogP contribution in [-0.2, 0) is 14.9 Å². The van der Waals surface area contributed by atoms with Gasteiger partial charge >= 0.3 is 5.97 Å². The zero-order valence-corrected chi connectivity index (χ0v) is 8.35. The van der Waals surface area contributed by atoms with E-state index in [0.717, 1.165) is 0 Å². The van der Waals surface area contributed by atoms with Crippen molar-refractivity contribution in [3.05, 3.63) is 18.4 Å². The van der Waals surface area contributed by atoms with Crippen molar-refractivity contribution in [2.45, 2.75) is 25.4 Å². The van der Waals surface area contributed by atoms with Crippen LogP contribution >= 0.6 is 0 Å². The summed E-state index contributed by atoms with van der Waals surface area (Å²) >= 11 is 0. The van der Waals surface area contributed by atoms with Crippen LogP contribution in [0.3, 0.4) is 0 Å². The second kappa shape index (κ2) is 3.79. The third-order valence-corrected chi connectivity index (χ3v) is 2.18. The molecule has 0 bridgehead atoms. The standard InChI is InChI=1S/C9H13NO4/c1-9(2,6-4-10-5-14-6)7(13-3)8(11)12/h4-5,7H,1-3H3,(H,11,12). The first-order chi connectivity index (χ1) is 6.50. The molecule has 0 fully saturated rings. The van der Waals surface area contributed by atoms with Crippen molar-refractivity contribution in [1.82, 2.24) is 4.98 Å². The van der Waals surface area contributed by atoms with Crippen LogP contribution in [0.5, 0.6) is 0 Å². The fraction of sp³-hybridized carbons (Fsp3) is 0.556. The van der Waals surface area contributed by atoms with Crippen LogP contribution in [0.1, 0.15) is 19.6 Å². The van der Waals surface area contributed by atoms with Crippen LogP contribution in [0.15, 0.2) is 17.0 Å². The van der Waals surface area contributed by atoms with Crippen LogP contribution in [0.4, 0.5) is 0 Å². The highest BCUT2D eigenvalue weighted by Gasteiger charge is 2.39. The number of rotatable bonds is 4. The van der Waals surface area contributed by atoms with Gasteiger partial charge < -0.3 is 14.3 Å². The number of aliphatic carboxylic acids is 1. The molecule has 78 valence electrons. The van der Waals surface area contributed by atoms with Crippen molar-refractivity contribution in [3.8, 4) is 0 Å². The normalized spacial score (nSPS) is 13.9. The molecule has 0 radical (unpaired) electrons. The molecule has 1 atom stereocenters. The SMILES string of the molecule is COC(C(=O)O)C(C)(C)c1cnco1. The molecule has 1 aromatic heterocycles. The van der Waals surface area contributed by atoms with Gasteiger partial charge in [0.25, 0.3) is 0 Å². The minimum atomic E-state index is -1.02. The summed E-state index contributed by atoms with van der Waals surface area (Å²) in [5, 5.41) is 8.92. The molecule has 0 aromatic carbocycles. The summed E-state index contributed by atoms with van der Waals surface area (Å²) in [5.74, 6) is -0.527. The van der Waals surface area contributed by atoms with Gasteiger partial charge in [-0.2, -0.15) is 0 Å². The number of carboxylic acids is 1. The van der Waals surface area contributed by atoms with Gasteiger partial charge in [-0.15, -0.1) is 0 Å². The molecule has 1 N–H and O–H groups in total. The van der Waals surface area contributed by atoms with Gasteiger partial charge in [0.15, 0.2) is 12.5 Å². The Morgan fingerprint density at radius 2 is 2.36 bits per heavy atom. The first-order valence-corrected chi connectivity index (χ1v) is 4.14. The van der Waals surface area contributed by atoms with Crippen molar-refractivity contribution >= 4 is 5.97 Å². The highest BCUT2D eigenvalue weighted by Crippen LogP contribution is 2.28. The van der Waals surface area contributed by atoms with Crippen molar-refractivity contribution in [1.29, 1.82) is 0 Å². The van der Waals surface area contributed by atoms with Gasteiger partial charge in [0, 0.05) is 7.11 Å². The second-order valence-corrected chi connectivity index (χ2v) is 3.54. The van der Waals surface area contributed by atoms with Crippen molar-refractivity contribution in [3.63, 3.8) is 0 Å². The first kappa shape index (κ1) is 10.7. The number of ether oxygens (including phenoxy) is 1. The van der Waals surface area contributed by atoms with E-state index in [0.29, 0.717) is 5.76 Å². The van der Waals surface area contributed by atoms with Crippen LogP contribution < -0.4 is 0 Å². The molecule has 0 amide bonds. The summed E-state index contributed by atoms with van der Waals surface area (Å²) < 4.78 is 9.99. The largest absolute Gasteiger partial charge is 0.479 e. The van der Waals surface area contributed by atoms with Crippen LogP contribution in [-0.4, -0.2) is 29.3 Å². The van der Waals surface area contributed by atoms with E-state index < -0.39 is 17.5 Å². The monoisotopic (exact) mass is 199 g/mol. The molecule has 0 aliphatic carbocycles. The van der Waals surface area contributed by atoms with E-state index in [1.807, 2.05) is 0 Å². The van der Waals surface area contributed by atoms with Crippen molar-refractivity contribution < 1.29 is 19.1 Å². The average Bonchev–Trinajstić information content (AvgIpc) is 2.55. The predicted octanol–water partition coefficient (Wildman–Crippen LogP) is 1.05. The molecule has 1 unspecified atom stereocenters. The fourth-order valence-electron chi connectivity index (χ4n) is 1.37. The zero-order chi connectivity index (χ0) is 10.8. The predicted molar refractivity (Wildman–Crippen MR) is 48.0 cm³/mol. The Morgan fingerprint density at radius 1 is 1.71 bits per heavy atom. The Balaban J connectivity index is 2.99. The number of hydrogen-bond donors (Lipinski definition) is 1. The van der Waals surface area contributed by atoms with Gasteiger partial charge in [-0.1, -0.05) is 0 Å². The number of carbonyl (C=O) groups is 1. The molecule has 1 heterocycles. The van der Waals surface area contributed by atoms with E-state index in [-0.39, 0.29) is 0 Å². The van der Waals surface area contributed by atoms with E-state index in [1.54, 1.807) is 13.8 Å². The first-order valence-electron chi connectivity index (χ1n) is 4.14. The molecule has 5 heteroatoms. The van der Waals surface area contributed by atoms with Crippen LogP contribution in [0.2, 0.25) is 0 Å². The lowest BCUT2D eigenvalue weighted by Crippen LogP contribution is -2.41. The number of nitrogens with zero attached hydrogens (tertiary/aromatic N) is 1. The van der Waals surface area contributed by atoms with Crippen molar-refractivity contribution in [2.75, 3.05) is 7.11 Å². The third kappa shape index (κ3) is 1.77. The lowest BCUT2D eigenvalue weighted by molar-refractivity contribution is -0.153. The Bertz CT molecular complexity index is 305. The topological polar surface area (TPSA) is 72.6 Å². The molecule has 0 aliphatic heterocycles. The summed E-state index contributed by atoms with van der Waals surface area (Å²) in [6.45, 7) is 3.46. The Hall–Kier alpha value is -1.36. The third-order valence-electron chi connectivity index (χ3n) is 2.18. The molecule has 5 nitrogen and oxygen atoms in total. The Labute approximate surface area is 81.7 Å². The molecular weight excluding hydrogens is 186 g/mol. The summed E-state index contributed by atoms with van der Waals surface area (Å²) in [7, 11) is 1.36. The minimum absolute atomic E-state index is 0.492. The molecular formula is C9H13NO4. The van der Waals surface area contributed by atoms with E-state index >= 15 is 0 Å². The van der Waals surface area contributed by atoms with Gasteiger partial charge in [-0.3, -0.25) is 0 Å². The van der Waals surface area contributed by atoms with Gasteiger partial charge in [0.1, 0.15) is 5.76 Å². The number of methoxy groups -OCH3 is 1. The summed E-state index contributed by atoms with van der Waals surface area (Å²) in [4.78, 5) is 14.6. The molecule has 0 saturated carbocycles. The van der Waals surface area contributed by atoms with Gasteiger partial charge in [0.05, 0.1) is 11.6 Å². The van der Waals surface area contributed by atoms with Crippen molar-refractivity contribution in [2.24, 2.45) is 0 Å². The zero-order valence-electron chi connectivity index (χ0n) is 8.35. The number of aromatic nitrogens is 1. The highest BCUT2D eigenvalue weighted by atomic mass is 16.5. The molecule has 14 heavy (non-hydrogen) atoms. The van der Waals surface area contributed by atoms with E-state index in [2.05, 4.69) is 4.98 Å². The quantitative estimate of drug-likeness (QED) is 0.784. The van der Waals surface area contributed by atoms with E-state index in [1.165, 1.54) is 19.7 Å². The molecule has 0 aliphatic rings. The molecule has 1 rings (SSSR count). The maximum atomic E-state index is 10.9. The second-order valence-electron chi connectivity index (χ2n) is 3.54. The molecule has 0 saturated heterocycles. The van der Waals surface area contributed by atoms with Gasteiger partial charge in [-0.05, 0) is 13.8 Å². The maximum Gasteiger partial charge on any atom is 0.333 e. The Morgan fingerprint density at radius 3 is 2.71 bits per heavy atom.